The first-order chi connectivity index (χ1) is 8.98. The molecule has 1 saturated heterocycles. The molecular weight excluding hydrogens is 238 g/mol. The highest BCUT2D eigenvalue weighted by Gasteiger charge is 2.25. The quantitative estimate of drug-likeness (QED) is 0.751. The Hall–Kier alpha value is -2.04. The molecule has 1 fully saturated rings. The van der Waals surface area contributed by atoms with E-state index in [-0.39, 0.29) is 5.66 Å². The fraction of sp³-hybridized carbons (Fsp3) is 0.429. The van der Waals surface area contributed by atoms with Crippen LogP contribution in [0.25, 0.3) is 0 Å². The average Bonchev–Trinajstić information content (AvgIpc) is 2.36. The molecule has 5 heteroatoms. The lowest BCUT2D eigenvalue weighted by atomic mass is 10.1. The summed E-state index contributed by atoms with van der Waals surface area (Å²) in [7, 11) is 1.74. The molecule has 0 atom stereocenters. The van der Waals surface area contributed by atoms with Crippen molar-refractivity contribution in [3.63, 3.8) is 0 Å². The second-order valence-corrected chi connectivity index (χ2v) is 5.22. The van der Waals surface area contributed by atoms with E-state index < -0.39 is 0 Å². The maximum absolute atomic E-state index is 4.55. The molecule has 0 unspecified atom stereocenters. The molecule has 0 bridgehead atoms. The van der Waals surface area contributed by atoms with Crippen molar-refractivity contribution in [3.05, 3.63) is 35.4 Å². The molecule has 3 N–H and O–H groups in total. The number of rotatable bonds is 2. The number of hydrogen-bond acceptors (Lipinski definition) is 2. The Kier molecular flexibility index (Phi) is 3.74. The van der Waals surface area contributed by atoms with E-state index in [0.717, 1.165) is 11.9 Å². The highest BCUT2D eigenvalue weighted by atomic mass is 15.4. The molecule has 19 heavy (non-hydrogen) atoms. The van der Waals surface area contributed by atoms with E-state index in [1.807, 2.05) is 13.8 Å². The topological polar surface area (TPSA) is 60.8 Å². The van der Waals surface area contributed by atoms with E-state index in [4.69, 9.17) is 0 Å². The van der Waals surface area contributed by atoms with Gasteiger partial charge >= 0.3 is 0 Å². The average molecular weight is 259 g/mol. The lowest BCUT2D eigenvalue weighted by Crippen LogP contribution is -2.68. The smallest absolute Gasteiger partial charge is 0.200 e. The van der Waals surface area contributed by atoms with E-state index in [0.29, 0.717) is 6.54 Å². The summed E-state index contributed by atoms with van der Waals surface area (Å²) in [4.78, 5) is 8.68. The Morgan fingerprint density at radius 3 is 2.32 bits per heavy atom. The lowest BCUT2D eigenvalue weighted by Gasteiger charge is -2.36. The van der Waals surface area contributed by atoms with Crippen LogP contribution in [-0.4, -0.2) is 24.6 Å². The Balaban J connectivity index is 2.08. The van der Waals surface area contributed by atoms with Crippen molar-refractivity contribution in [2.45, 2.75) is 33.0 Å². The summed E-state index contributed by atoms with van der Waals surface area (Å²) in [5, 5.41) is 9.63. The van der Waals surface area contributed by atoms with Gasteiger partial charge in [-0.3, -0.25) is 10.3 Å². The van der Waals surface area contributed by atoms with Gasteiger partial charge in [0, 0.05) is 7.05 Å². The van der Waals surface area contributed by atoms with E-state index in [2.05, 4.69) is 57.1 Å². The fourth-order valence-electron chi connectivity index (χ4n) is 1.85. The molecule has 0 aliphatic carbocycles. The number of aliphatic imine (C=N–C) groups is 2. The number of nitrogens with zero attached hydrogens (tertiary/aromatic N) is 2. The predicted octanol–water partition coefficient (Wildman–Crippen LogP) is 1.36. The highest BCUT2D eigenvalue weighted by molar-refractivity contribution is 6.01. The predicted molar refractivity (Wildman–Crippen MR) is 79.2 cm³/mol. The van der Waals surface area contributed by atoms with E-state index >= 15 is 0 Å². The Morgan fingerprint density at radius 2 is 1.68 bits per heavy atom. The third kappa shape index (κ3) is 3.71. The van der Waals surface area contributed by atoms with Gasteiger partial charge in [-0.1, -0.05) is 29.8 Å². The van der Waals surface area contributed by atoms with Gasteiger partial charge in [-0.15, -0.1) is 0 Å². The summed E-state index contributed by atoms with van der Waals surface area (Å²) in [5.74, 6) is 1.47. The number of hydrogen-bond donors (Lipinski definition) is 3. The standard InChI is InChI=1S/C14H21N5/c1-10-5-7-11(8-6-10)9-16-13-17-12(15-4)18-14(2,3)19-13/h5-8H,9H2,1-4H3,(H3,15,16,17,18,19). The molecule has 0 spiro atoms. The van der Waals surface area contributed by atoms with Crippen LogP contribution in [-0.2, 0) is 6.54 Å². The second kappa shape index (κ2) is 5.30. The van der Waals surface area contributed by atoms with Crippen LogP contribution in [0.4, 0.5) is 0 Å². The normalized spacial score (nSPS) is 21.7. The minimum absolute atomic E-state index is 0.258. The van der Waals surface area contributed by atoms with Gasteiger partial charge in [0.15, 0.2) is 11.9 Å². The number of aryl methyl sites for hydroxylation is 1. The largest absolute Gasteiger partial charge is 0.334 e. The molecular formula is C14H21N5. The summed E-state index contributed by atoms with van der Waals surface area (Å²) in [5.41, 5.74) is 2.19. The number of benzene rings is 1. The first-order valence-electron chi connectivity index (χ1n) is 6.39. The summed E-state index contributed by atoms with van der Waals surface area (Å²) < 4.78 is 0. The molecule has 0 saturated carbocycles. The zero-order valence-electron chi connectivity index (χ0n) is 11.9. The van der Waals surface area contributed by atoms with Crippen molar-refractivity contribution < 1.29 is 0 Å². The zero-order chi connectivity index (χ0) is 13.9. The van der Waals surface area contributed by atoms with Crippen LogP contribution in [0.2, 0.25) is 0 Å². The highest BCUT2D eigenvalue weighted by Crippen LogP contribution is 2.05. The van der Waals surface area contributed by atoms with Crippen LogP contribution in [0, 0.1) is 6.92 Å². The molecule has 5 nitrogen and oxygen atoms in total. The van der Waals surface area contributed by atoms with E-state index in [1.165, 1.54) is 11.1 Å². The molecule has 1 heterocycles. The van der Waals surface area contributed by atoms with Crippen LogP contribution in [0.5, 0.6) is 0 Å². The summed E-state index contributed by atoms with van der Waals surface area (Å²) in [6.07, 6.45) is 0. The van der Waals surface area contributed by atoms with Gasteiger partial charge in [0.1, 0.15) is 5.66 Å². The molecule has 2 rings (SSSR count). The first kappa shape index (κ1) is 13.4. The van der Waals surface area contributed by atoms with Gasteiger partial charge in [-0.05, 0) is 26.3 Å². The molecule has 1 aliphatic rings. The molecule has 0 radical (unpaired) electrons. The van der Waals surface area contributed by atoms with Gasteiger partial charge in [0.25, 0.3) is 0 Å². The minimum atomic E-state index is -0.258. The van der Waals surface area contributed by atoms with Crippen molar-refractivity contribution in [1.29, 1.82) is 0 Å². The van der Waals surface area contributed by atoms with Crippen LogP contribution in [0.1, 0.15) is 25.0 Å². The van der Waals surface area contributed by atoms with Crippen molar-refractivity contribution >= 4 is 11.9 Å². The number of nitrogens with one attached hydrogen (secondary N) is 3. The minimum Gasteiger partial charge on any atom is -0.334 e. The maximum Gasteiger partial charge on any atom is 0.200 e. The molecule has 102 valence electrons. The van der Waals surface area contributed by atoms with Gasteiger partial charge in [0.2, 0.25) is 0 Å². The molecule has 1 aromatic rings. The third-order valence-corrected chi connectivity index (χ3v) is 2.86. The second-order valence-electron chi connectivity index (χ2n) is 5.22. The van der Waals surface area contributed by atoms with E-state index in [9.17, 15) is 0 Å². The molecule has 1 aliphatic heterocycles. The lowest BCUT2D eigenvalue weighted by molar-refractivity contribution is 0.404. The fourth-order valence-corrected chi connectivity index (χ4v) is 1.85. The van der Waals surface area contributed by atoms with Crippen molar-refractivity contribution in [3.8, 4) is 0 Å². The van der Waals surface area contributed by atoms with Crippen LogP contribution in [0.3, 0.4) is 0 Å². The van der Waals surface area contributed by atoms with Gasteiger partial charge < -0.3 is 10.6 Å². The SMILES string of the molecule is CN=C1NC(=NCc2ccc(C)cc2)NC(C)(C)N1. The van der Waals surface area contributed by atoms with Gasteiger partial charge in [-0.2, -0.15) is 0 Å². The van der Waals surface area contributed by atoms with Crippen molar-refractivity contribution in [1.82, 2.24) is 16.0 Å². The van der Waals surface area contributed by atoms with Crippen molar-refractivity contribution in [2.24, 2.45) is 9.98 Å². The third-order valence-electron chi connectivity index (χ3n) is 2.86. The van der Waals surface area contributed by atoms with Crippen LogP contribution < -0.4 is 16.0 Å². The Morgan fingerprint density at radius 1 is 1.05 bits per heavy atom. The van der Waals surface area contributed by atoms with Crippen LogP contribution in [0.15, 0.2) is 34.3 Å². The Labute approximate surface area is 114 Å². The van der Waals surface area contributed by atoms with Gasteiger partial charge in [-0.25, -0.2) is 4.99 Å². The van der Waals surface area contributed by atoms with Crippen LogP contribution >= 0.6 is 0 Å². The zero-order valence-corrected chi connectivity index (χ0v) is 11.9. The Bertz CT molecular complexity index is 499. The monoisotopic (exact) mass is 259 g/mol. The summed E-state index contributed by atoms with van der Waals surface area (Å²) >= 11 is 0. The molecule has 0 aromatic heterocycles. The molecule has 0 amide bonds. The first-order valence-corrected chi connectivity index (χ1v) is 6.39. The maximum atomic E-state index is 4.55. The summed E-state index contributed by atoms with van der Waals surface area (Å²) in [6, 6.07) is 8.39. The number of guanidine groups is 2. The molecule has 1 aromatic carbocycles. The van der Waals surface area contributed by atoms with Crippen molar-refractivity contribution in [2.75, 3.05) is 7.05 Å². The summed E-state index contributed by atoms with van der Waals surface area (Å²) in [6.45, 7) is 6.81. The van der Waals surface area contributed by atoms with E-state index in [1.54, 1.807) is 7.05 Å². The van der Waals surface area contributed by atoms with Gasteiger partial charge in [0.05, 0.1) is 6.54 Å².